The second-order valence-corrected chi connectivity index (χ2v) is 5.17. The Morgan fingerprint density at radius 1 is 1.56 bits per heavy atom. The lowest BCUT2D eigenvalue weighted by Crippen LogP contribution is -2.42. The maximum atomic E-state index is 11.1. The Bertz CT molecular complexity index is 360. The summed E-state index contributed by atoms with van der Waals surface area (Å²) in [5.74, 6) is 0.340. The number of carbonyl (C=O) groups is 1. The van der Waals surface area contributed by atoms with Crippen LogP contribution in [0.5, 0.6) is 0 Å². The third-order valence-electron chi connectivity index (χ3n) is 2.04. The van der Waals surface area contributed by atoms with Crippen molar-refractivity contribution in [3.05, 3.63) is 28.7 Å². The molecule has 16 heavy (non-hydrogen) atoms. The second kappa shape index (κ2) is 6.93. The van der Waals surface area contributed by atoms with E-state index >= 15 is 0 Å². The molecule has 3 N–H and O–H groups in total. The van der Waals surface area contributed by atoms with Crippen molar-refractivity contribution in [3.63, 3.8) is 0 Å². The fourth-order valence-corrected chi connectivity index (χ4v) is 2.86. The van der Waals surface area contributed by atoms with Gasteiger partial charge in [0.15, 0.2) is 0 Å². The van der Waals surface area contributed by atoms with Crippen molar-refractivity contribution in [2.75, 3.05) is 12.3 Å². The first kappa shape index (κ1) is 13.5. The van der Waals surface area contributed by atoms with Crippen LogP contribution in [0, 0.1) is 0 Å². The van der Waals surface area contributed by atoms with Gasteiger partial charge >= 0.3 is 0 Å². The van der Waals surface area contributed by atoms with E-state index in [1.165, 1.54) is 0 Å². The van der Waals surface area contributed by atoms with Gasteiger partial charge in [-0.15, -0.1) is 11.8 Å². The molecule has 0 heterocycles. The molecule has 0 radical (unpaired) electrons. The molecule has 0 spiro atoms. The Hall–Kier alpha value is -0.520. The van der Waals surface area contributed by atoms with Crippen LogP contribution in [0.4, 0.5) is 0 Å². The van der Waals surface area contributed by atoms with Gasteiger partial charge in [-0.05, 0) is 34.6 Å². The van der Waals surface area contributed by atoms with Crippen LogP contribution in [0.15, 0.2) is 33.6 Å². The standard InChI is InChI=1S/C11H15BrN2OS/c1-2-14-9(11(13)15)7-16-10-6-4-3-5-8(10)12/h3-6,9,14H,2,7H2,1H3,(H2,13,15). The number of rotatable bonds is 6. The number of benzene rings is 1. The molecule has 1 aromatic rings. The molecule has 0 fully saturated rings. The van der Waals surface area contributed by atoms with E-state index in [2.05, 4.69) is 21.2 Å². The number of carbonyl (C=O) groups excluding carboxylic acids is 1. The molecule has 1 aromatic carbocycles. The summed E-state index contributed by atoms with van der Waals surface area (Å²) < 4.78 is 1.04. The molecule has 1 amide bonds. The summed E-state index contributed by atoms with van der Waals surface area (Å²) in [6.45, 7) is 2.70. The van der Waals surface area contributed by atoms with E-state index in [9.17, 15) is 4.79 Å². The van der Waals surface area contributed by atoms with Crippen LogP contribution in [0.25, 0.3) is 0 Å². The number of nitrogens with one attached hydrogen (secondary N) is 1. The molecule has 0 aliphatic heterocycles. The van der Waals surface area contributed by atoms with Crippen molar-refractivity contribution in [3.8, 4) is 0 Å². The van der Waals surface area contributed by atoms with Crippen LogP contribution in [0.2, 0.25) is 0 Å². The number of hydrogen-bond acceptors (Lipinski definition) is 3. The minimum atomic E-state index is -0.304. The fraction of sp³-hybridized carbons (Fsp3) is 0.364. The highest BCUT2D eigenvalue weighted by atomic mass is 79.9. The molecule has 0 aliphatic rings. The average Bonchev–Trinajstić information content (AvgIpc) is 2.26. The lowest BCUT2D eigenvalue weighted by atomic mass is 10.3. The monoisotopic (exact) mass is 302 g/mol. The van der Waals surface area contributed by atoms with E-state index in [-0.39, 0.29) is 11.9 Å². The van der Waals surface area contributed by atoms with E-state index in [1.807, 2.05) is 31.2 Å². The number of amides is 1. The maximum absolute atomic E-state index is 11.1. The Morgan fingerprint density at radius 2 is 2.25 bits per heavy atom. The van der Waals surface area contributed by atoms with E-state index < -0.39 is 0 Å². The largest absolute Gasteiger partial charge is 0.368 e. The van der Waals surface area contributed by atoms with E-state index in [1.54, 1.807) is 11.8 Å². The zero-order valence-corrected chi connectivity index (χ0v) is 11.5. The first-order valence-electron chi connectivity index (χ1n) is 5.05. The molecule has 5 heteroatoms. The zero-order valence-electron chi connectivity index (χ0n) is 9.07. The Labute approximate surface area is 108 Å². The highest BCUT2D eigenvalue weighted by Crippen LogP contribution is 2.27. The van der Waals surface area contributed by atoms with Gasteiger partial charge in [0.2, 0.25) is 5.91 Å². The van der Waals surface area contributed by atoms with Crippen LogP contribution < -0.4 is 11.1 Å². The van der Waals surface area contributed by atoms with E-state index in [0.717, 1.165) is 15.9 Å². The lowest BCUT2D eigenvalue weighted by molar-refractivity contribution is -0.119. The molecular weight excluding hydrogens is 288 g/mol. The van der Waals surface area contributed by atoms with Crippen molar-refractivity contribution in [1.82, 2.24) is 5.32 Å². The number of hydrogen-bond donors (Lipinski definition) is 2. The topological polar surface area (TPSA) is 55.1 Å². The molecule has 0 bridgehead atoms. The fourth-order valence-electron chi connectivity index (χ4n) is 1.22. The van der Waals surface area contributed by atoms with Crippen molar-refractivity contribution in [1.29, 1.82) is 0 Å². The van der Waals surface area contributed by atoms with Gasteiger partial charge in [-0.1, -0.05) is 19.1 Å². The number of halogens is 1. The maximum Gasteiger partial charge on any atom is 0.235 e. The van der Waals surface area contributed by atoms with Gasteiger partial charge in [-0.3, -0.25) is 4.79 Å². The number of nitrogens with two attached hydrogens (primary N) is 1. The minimum Gasteiger partial charge on any atom is -0.368 e. The predicted octanol–water partition coefficient (Wildman–Crippen LogP) is 2.00. The highest BCUT2D eigenvalue weighted by Gasteiger charge is 2.14. The molecular formula is C11H15BrN2OS. The van der Waals surface area contributed by atoms with Crippen LogP contribution in [-0.2, 0) is 4.79 Å². The van der Waals surface area contributed by atoms with Crippen LogP contribution in [0.3, 0.4) is 0 Å². The Kier molecular flexibility index (Phi) is 5.87. The van der Waals surface area contributed by atoms with E-state index in [0.29, 0.717) is 5.75 Å². The van der Waals surface area contributed by atoms with Crippen LogP contribution in [0.1, 0.15) is 6.92 Å². The number of thioether (sulfide) groups is 1. The first-order valence-corrected chi connectivity index (χ1v) is 6.83. The molecule has 1 unspecified atom stereocenters. The van der Waals surface area contributed by atoms with Gasteiger partial charge in [0.1, 0.15) is 0 Å². The van der Waals surface area contributed by atoms with Crippen LogP contribution >= 0.6 is 27.7 Å². The average molecular weight is 303 g/mol. The third-order valence-corrected chi connectivity index (χ3v) is 4.16. The smallest absolute Gasteiger partial charge is 0.235 e. The third kappa shape index (κ3) is 4.15. The number of primary amides is 1. The summed E-state index contributed by atoms with van der Waals surface area (Å²) in [5.41, 5.74) is 5.30. The Balaban J connectivity index is 2.55. The minimum absolute atomic E-state index is 0.276. The molecule has 0 saturated heterocycles. The molecule has 1 atom stereocenters. The molecule has 3 nitrogen and oxygen atoms in total. The quantitative estimate of drug-likeness (QED) is 0.790. The molecule has 0 aromatic heterocycles. The lowest BCUT2D eigenvalue weighted by Gasteiger charge is -2.13. The molecule has 88 valence electrons. The zero-order chi connectivity index (χ0) is 12.0. The summed E-state index contributed by atoms with van der Waals surface area (Å²) in [6, 6.07) is 7.65. The van der Waals surface area contributed by atoms with Crippen molar-refractivity contribution < 1.29 is 4.79 Å². The molecule has 0 saturated carbocycles. The summed E-state index contributed by atoms with van der Waals surface area (Å²) >= 11 is 5.08. The van der Waals surface area contributed by atoms with Crippen molar-refractivity contribution in [2.24, 2.45) is 5.73 Å². The molecule has 1 rings (SSSR count). The van der Waals surface area contributed by atoms with Gasteiger partial charge in [0.25, 0.3) is 0 Å². The summed E-state index contributed by atoms with van der Waals surface area (Å²) in [5, 5.41) is 3.06. The SMILES string of the molecule is CCNC(CSc1ccccc1Br)C(N)=O. The van der Waals surface area contributed by atoms with Gasteiger partial charge in [-0.25, -0.2) is 0 Å². The highest BCUT2D eigenvalue weighted by molar-refractivity contribution is 9.10. The van der Waals surface area contributed by atoms with Crippen molar-refractivity contribution >= 4 is 33.6 Å². The normalized spacial score (nSPS) is 12.4. The van der Waals surface area contributed by atoms with E-state index in [4.69, 9.17) is 5.73 Å². The summed E-state index contributed by atoms with van der Waals surface area (Å²) in [7, 11) is 0. The van der Waals surface area contributed by atoms with Gasteiger partial charge in [0.05, 0.1) is 6.04 Å². The Morgan fingerprint density at radius 3 is 2.81 bits per heavy atom. The number of likely N-dealkylation sites (N-methyl/N-ethyl adjacent to an activating group) is 1. The first-order chi connectivity index (χ1) is 7.65. The van der Waals surface area contributed by atoms with Gasteiger partial charge in [0, 0.05) is 15.1 Å². The second-order valence-electron chi connectivity index (χ2n) is 3.25. The summed E-state index contributed by atoms with van der Waals surface area (Å²) in [6.07, 6.45) is 0. The summed E-state index contributed by atoms with van der Waals surface area (Å²) in [4.78, 5) is 12.2. The van der Waals surface area contributed by atoms with Gasteiger partial charge in [-0.2, -0.15) is 0 Å². The van der Waals surface area contributed by atoms with Gasteiger partial charge < -0.3 is 11.1 Å². The molecule has 0 aliphatic carbocycles. The predicted molar refractivity (Wildman–Crippen MR) is 71.5 cm³/mol. The van der Waals surface area contributed by atoms with Crippen molar-refractivity contribution in [2.45, 2.75) is 17.9 Å². The van der Waals surface area contributed by atoms with Crippen LogP contribution in [-0.4, -0.2) is 24.2 Å².